The van der Waals surface area contributed by atoms with Crippen molar-refractivity contribution < 1.29 is 4.79 Å². The van der Waals surface area contributed by atoms with Crippen molar-refractivity contribution in [3.05, 3.63) is 30.3 Å². The number of carbonyl (C=O) groups excluding carboxylic acids is 1. The molecule has 0 aromatic heterocycles. The summed E-state index contributed by atoms with van der Waals surface area (Å²) in [4.78, 5) is 11.8. The predicted octanol–water partition coefficient (Wildman–Crippen LogP) is 2.81. The summed E-state index contributed by atoms with van der Waals surface area (Å²) in [7, 11) is 1.11. The van der Waals surface area contributed by atoms with Crippen molar-refractivity contribution >= 4 is 19.0 Å². The number of hydrogen-bond donors (Lipinski definition) is 2. The van der Waals surface area contributed by atoms with E-state index in [9.17, 15) is 4.79 Å². The zero-order valence-electron chi connectivity index (χ0n) is 11.0. The largest absolute Gasteiger partial charge is 0.343 e. The van der Waals surface area contributed by atoms with Gasteiger partial charge in [0.05, 0.1) is 0 Å². The van der Waals surface area contributed by atoms with Crippen molar-refractivity contribution in [3.63, 3.8) is 0 Å². The standard InChI is InChI=1S/C14H21BN2O/c1-2-11-8-9-13(15-10-11)17-14(18)16-12-6-4-3-5-7-12/h3-7,11,13,15H,2,8-10H2,1H3,(H2,16,17,18). The molecule has 1 aromatic carbocycles. The van der Waals surface area contributed by atoms with E-state index in [0.29, 0.717) is 5.94 Å². The molecule has 18 heavy (non-hydrogen) atoms. The van der Waals surface area contributed by atoms with Crippen LogP contribution in [0.1, 0.15) is 26.2 Å². The fraction of sp³-hybridized carbons (Fsp3) is 0.500. The maximum atomic E-state index is 11.8. The number of urea groups is 1. The molecule has 2 N–H and O–H groups in total. The molecule has 1 heterocycles. The Hall–Kier alpha value is -1.45. The summed E-state index contributed by atoms with van der Waals surface area (Å²) in [5.74, 6) is 1.21. The smallest absolute Gasteiger partial charge is 0.318 e. The lowest BCUT2D eigenvalue weighted by molar-refractivity contribution is 0.249. The Balaban J connectivity index is 1.75. The van der Waals surface area contributed by atoms with Gasteiger partial charge >= 0.3 is 6.03 Å². The average Bonchev–Trinajstić information content (AvgIpc) is 2.40. The molecule has 1 aliphatic rings. The molecule has 0 radical (unpaired) electrons. The van der Waals surface area contributed by atoms with Crippen LogP contribution in [0.15, 0.2) is 30.3 Å². The first-order chi connectivity index (χ1) is 8.78. The van der Waals surface area contributed by atoms with Gasteiger partial charge in [0.1, 0.15) is 7.28 Å². The Bertz CT molecular complexity index is 375. The maximum absolute atomic E-state index is 11.8. The van der Waals surface area contributed by atoms with E-state index in [-0.39, 0.29) is 6.03 Å². The molecule has 2 amide bonds. The third kappa shape index (κ3) is 3.79. The van der Waals surface area contributed by atoms with E-state index in [2.05, 4.69) is 17.6 Å². The third-order valence-electron chi connectivity index (χ3n) is 3.79. The van der Waals surface area contributed by atoms with Crippen LogP contribution >= 0.6 is 0 Å². The highest BCUT2D eigenvalue weighted by molar-refractivity contribution is 6.38. The Kier molecular flexibility index (Phi) is 4.68. The van der Waals surface area contributed by atoms with Crippen LogP contribution in [-0.2, 0) is 0 Å². The second-order valence-corrected chi connectivity index (χ2v) is 5.09. The molecule has 0 aliphatic carbocycles. The van der Waals surface area contributed by atoms with Crippen LogP contribution in [0.2, 0.25) is 6.32 Å². The van der Waals surface area contributed by atoms with Crippen molar-refractivity contribution in [2.24, 2.45) is 5.92 Å². The predicted molar refractivity (Wildman–Crippen MR) is 77.4 cm³/mol. The second kappa shape index (κ2) is 6.48. The van der Waals surface area contributed by atoms with Gasteiger partial charge in [-0.3, -0.25) is 0 Å². The van der Waals surface area contributed by atoms with Crippen LogP contribution in [0, 0.1) is 5.92 Å². The van der Waals surface area contributed by atoms with Crippen molar-refractivity contribution in [1.29, 1.82) is 0 Å². The van der Waals surface area contributed by atoms with Crippen molar-refractivity contribution in [3.8, 4) is 0 Å². The summed E-state index contributed by atoms with van der Waals surface area (Å²) >= 11 is 0. The summed E-state index contributed by atoms with van der Waals surface area (Å²) in [5, 5.41) is 5.93. The van der Waals surface area contributed by atoms with Gasteiger partial charge in [0.15, 0.2) is 0 Å². The molecule has 2 unspecified atom stereocenters. The van der Waals surface area contributed by atoms with E-state index in [0.717, 1.165) is 25.3 Å². The highest BCUT2D eigenvalue weighted by atomic mass is 16.2. The third-order valence-corrected chi connectivity index (χ3v) is 3.79. The SMILES string of the molecule is CCC1CBC(NC(=O)Nc2ccccc2)CC1. The fourth-order valence-corrected chi connectivity index (χ4v) is 2.59. The lowest BCUT2D eigenvalue weighted by Gasteiger charge is -2.27. The quantitative estimate of drug-likeness (QED) is 0.788. The number of benzene rings is 1. The monoisotopic (exact) mass is 244 g/mol. The second-order valence-electron chi connectivity index (χ2n) is 5.09. The number of para-hydroxylation sites is 1. The maximum Gasteiger partial charge on any atom is 0.318 e. The summed E-state index contributed by atoms with van der Waals surface area (Å²) in [6.45, 7) is 2.25. The van der Waals surface area contributed by atoms with Crippen molar-refractivity contribution in [2.45, 2.75) is 38.4 Å². The molecule has 3 nitrogen and oxygen atoms in total. The number of anilines is 1. The van der Waals surface area contributed by atoms with Crippen molar-refractivity contribution in [2.75, 3.05) is 5.32 Å². The molecule has 0 bridgehead atoms. The lowest BCUT2D eigenvalue weighted by atomic mass is 9.56. The molecule has 1 saturated heterocycles. The molecule has 0 spiro atoms. The minimum absolute atomic E-state index is 0.0823. The lowest BCUT2D eigenvalue weighted by Crippen LogP contribution is -2.44. The van der Waals surface area contributed by atoms with Crippen LogP contribution in [0.5, 0.6) is 0 Å². The van der Waals surface area contributed by atoms with E-state index in [4.69, 9.17) is 0 Å². The Morgan fingerprint density at radius 1 is 1.33 bits per heavy atom. The van der Waals surface area contributed by atoms with Crippen LogP contribution < -0.4 is 10.6 Å². The fourth-order valence-electron chi connectivity index (χ4n) is 2.59. The van der Waals surface area contributed by atoms with E-state index >= 15 is 0 Å². The van der Waals surface area contributed by atoms with Crippen molar-refractivity contribution in [1.82, 2.24) is 5.32 Å². The van der Waals surface area contributed by atoms with Gasteiger partial charge in [-0.2, -0.15) is 0 Å². The normalized spacial score (nSPS) is 22.9. The summed E-state index contributed by atoms with van der Waals surface area (Å²) in [6.07, 6.45) is 4.86. The van der Waals surface area contributed by atoms with Gasteiger partial charge in [0.25, 0.3) is 0 Å². The zero-order valence-corrected chi connectivity index (χ0v) is 11.0. The Morgan fingerprint density at radius 3 is 2.72 bits per heavy atom. The number of carbonyl (C=O) groups is 1. The first-order valence-electron chi connectivity index (χ1n) is 6.90. The van der Waals surface area contributed by atoms with E-state index in [1.807, 2.05) is 30.3 Å². The van der Waals surface area contributed by atoms with Crippen LogP contribution in [0.25, 0.3) is 0 Å². The van der Waals surface area contributed by atoms with Crippen LogP contribution in [0.3, 0.4) is 0 Å². The highest BCUT2D eigenvalue weighted by Gasteiger charge is 2.22. The number of rotatable bonds is 3. The Labute approximate surface area is 110 Å². The number of nitrogens with one attached hydrogen (secondary N) is 2. The van der Waals surface area contributed by atoms with Gasteiger partial charge in [0.2, 0.25) is 0 Å². The van der Waals surface area contributed by atoms with E-state index < -0.39 is 0 Å². The van der Waals surface area contributed by atoms with Gasteiger partial charge in [-0.1, -0.05) is 37.9 Å². The first kappa shape index (κ1) is 13.0. The molecular weight excluding hydrogens is 223 g/mol. The zero-order chi connectivity index (χ0) is 12.8. The highest BCUT2D eigenvalue weighted by Crippen LogP contribution is 2.22. The first-order valence-corrected chi connectivity index (χ1v) is 6.90. The molecule has 2 rings (SSSR count). The molecule has 0 saturated carbocycles. The average molecular weight is 244 g/mol. The molecule has 1 fully saturated rings. The van der Waals surface area contributed by atoms with Gasteiger partial charge in [-0.05, 0) is 30.9 Å². The molecule has 1 aliphatic heterocycles. The molecule has 96 valence electrons. The topological polar surface area (TPSA) is 41.1 Å². The molecule has 2 atom stereocenters. The van der Waals surface area contributed by atoms with Crippen LogP contribution in [0.4, 0.5) is 10.5 Å². The molecule has 4 heteroatoms. The summed E-state index contributed by atoms with van der Waals surface area (Å²) in [5.41, 5.74) is 0.845. The number of hydrogen-bond acceptors (Lipinski definition) is 1. The van der Waals surface area contributed by atoms with Gasteiger partial charge in [0, 0.05) is 11.6 Å². The minimum atomic E-state index is -0.0823. The summed E-state index contributed by atoms with van der Waals surface area (Å²) < 4.78 is 0. The van der Waals surface area contributed by atoms with Gasteiger partial charge in [-0.25, -0.2) is 4.79 Å². The molecule has 1 aromatic rings. The minimum Gasteiger partial charge on any atom is -0.343 e. The summed E-state index contributed by atoms with van der Waals surface area (Å²) in [6, 6.07) is 9.49. The van der Waals surface area contributed by atoms with Gasteiger partial charge in [-0.15, -0.1) is 0 Å². The van der Waals surface area contributed by atoms with E-state index in [1.54, 1.807) is 0 Å². The van der Waals surface area contributed by atoms with Crippen LogP contribution in [-0.4, -0.2) is 19.3 Å². The Morgan fingerprint density at radius 2 is 2.11 bits per heavy atom. The van der Waals surface area contributed by atoms with Gasteiger partial charge < -0.3 is 10.6 Å². The van der Waals surface area contributed by atoms with E-state index in [1.165, 1.54) is 19.2 Å². The number of amides is 2. The molecular formula is C14H21BN2O.